The minimum absolute atomic E-state index is 0.00361. The van der Waals surface area contributed by atoms with Crippen LogP contribution in [0, 0.1) is 0 Å². The second-order valence-electron chi connectivity index (χ2n) is 6.94. The van der Waals surface area contributed by atoms with Crippen molar-refractivity contribution in [2.75, 3.05) is 12.3 Å². The molecule has 5 nitrogen and oxygen atoms in total. The summed E-state index contributed by atoms with van der Waals surface area (Å²) in [6.07, 6.45) is 6.08. The van der Waals surface area contributed by atoms with Crippen molar-refractivity contribution >= 4 is 16.9 Å². The first-order valence-electron chi connectivity index (χ1n) is 8.08. The number of pyridine rings is 1. The molecule has 0 aliphatic carbocycles. The molecule has 1 aromatic heterocycles. The van der Waals surface area contributed by atoms with Crippen molar-refractivity contribution in [3.63, 3.8) is 0 Å². The molecule has 2 atom stereocenters. The molecule has 128 valence electrons. The van der Waals surface area contributed by atoms with Crippen molar-refractivity contribution in [3.05, 3.63) is 30.1 Å². The molecule has 0 bridgehead atoms. The van der Waals surface area contributed by atoms with Crippen LogP contribution in [0.15, 0.2) is 24.5 Å². The van der Waals surface area contributed by atoms with E-state index >= 15 is 0 Å². The molecule has 6 heteroatoms. The molecule has 0 unspecified atom stereocenters. The Labute approximate surface area is 140 Å². The van der Waals surface area contributed by atoms with E-state index in [4.69, 9.17) is 4.74 Å². The number of likely N-dealkylation sites (tertiary alicyclic amines) is 1. The van der Waals surface area contributed by atoms with Crippen molar-refractivity contribution in [1.82, 2.24) is 9.88 Å². The average Bonchev–Trinajstić information content (AvgIpc) is 2.47. The first kappa shape index (κ1) is 17.9. The van der Waals surface area contributed by atoms with Crippen molar-refractivity contribution in [1.29, 1.82) is 0 Å². The van der Waals surface area contributed by atoms with Crippen LogP contribution in [0.4, 0.5) is 4.79 Å². The van der Waals surface area contributed by atoms with E-state index in [1.807, 2.05) is 32.9 Å². The van der Waals surface area contributed by atoms with Gasteiger partial charge in [0.1, 0.15) is 5.60 Å². The second-order valence-corrected chi connectivity index (χ2v) is 8.44. The number of nitrogens with zero attached hydrogens (tertiary/aromatic N) is 2. The van der Waals surface area contributed by atoms with Crippen LogP contribution in [0.3, 0.4) is 0 Å². The molecule has 1 aliphatic rings. The standard InChI is InChI=1S/C17H26N2O3S/c1-17(2,3)22-16(20)19-10-5-4-8-15(19)13-23(21)12-14-7-6-9-18-11-14/h6-7,9,11,15H,4-5,8,10,12-13H2,1-3H3/t15-,23+/m0/s1. The first-order valence-corrected chi connectivity index (χ1v) is 9.57. The summed E-state index contributed by atoms with van der Waals surface area (Å²) in [5, 5.41) is 0. The molecule has 2 rings (SSSR count). The maximum Gasteiger partial charge on any atom is 0.410 e. The van der Waals surface area contributed by atoms with Crippen LogP contribution in [-0.4, -0.2) is 44.1 Å². The number of carbonyl (C=O) groups is 1. The maximum absolute atomic E-state index is 12.4. The predicted octanol–water partition coefficient (Wildman–Crippen LogP) is 3.12. The van der Waals surface area contributed by atoms with Crippen LogP contribution < -0.4 is 0 Å². The molecule has 1 amide bonds. The number of ether oxygens (including phenoxy) is 1. The summed E-state index contributed by atoms with van der Waals surface area (Å²) < 4.78 is 17.9. The van der Waals surface area contributed by atoms with E-state index < -0.39 is 16.4 Å². The lowest BCUT2D eigenvalue weighted by Crippen LogP contribution is -2.48. The van der Waals surface area contributed by atoms with Crippen LogP contribution in [0.5, 0.6) is 0 Å². The van der Waals surface area contributed by atoms with Crippen LogP contribution >= 0.6 is 0 Å². The van der Waals surface area contributed by atoms with Gasteiger partial charge < -0.3 is 9.64 Å². The number of amides is 1. The van der Waals surface area contributed by atoms with Gasteiger partial charge in [-0.2, -0.15) is 0 Å². The monoisotopic (exact) mass is 338 g/mol. The van der Waals surface area contributed by atoms with Crippen molar-refractivity contribution < 1.29 is 13.7 Å². The van der Waals surface area contributed by atoms with E-state index in [1.165, 1.54) is 0 Å². The van der Waals surface area contributed by atoms with Gasteiger partial charge in [-0.3, -0.25) is 9.19 Å². The number of piperidine rings is 1. The highest BCUT2D eigenvalue weighted by molar-refractivity contribution is 7.84. The number of carbonyl (C=O) groups excluding carboxylic acids is 1. The van der Waals surface area contributed by atoms with Crippen LogP contribution in [-0.2, 0) is 21.3 Å². The van der Waals surface area contributed by atoms with Crippen LogP contribution in [0.2, 0.25) is 0 Å². The molecule has 0 aromatic carbocycles. The van der Waals surface area contributed by atoms with Gasteiger partial charge in [-0.1, -0.05) is 6.07 Å². The molecule has 0 N–H and O–H groups in total. The average molecular weight is 338 g/mol. The third kappa shape index (κ3) is 5.94. The van der Waals surface area contributed by atoms with Gasteiger partial charge in [-0.15, -0.1) is 0 Å². The van der Waals surface area contributed by atoms with Crippen molar-refractivity contribution in [2.24, 2.45) is 0 Å². The number of rotatable bonds is 4. The van der Waals surface area contributed by atoms with Gasteiger partial charge in [0.25, 0.3) is 0 Å². The summed E-state index contributed by atoms with van der Waals surface area (Å²) in [6.45, 7) is 6.28. The summed E-state index contributed by atoms with van der Waals surface area (Å²) in [5.74, 6) is 0.973. The van der Waals surface area contributed by atoms with E-state index in [1.54, 1.807) is 17.3 Å². The third-order valence-electron chi connectivity index (χ3n) is 3.68. The molecule has 0 spiro atoms. The molecule has 1 aromatic rings. The van der Waals surface area contributed by atoms with Gasteiger partial charge in [-0.05, 0) is 51.7 Å². The highest BCUT2D eigenvalue weighted by Gasteiger charge is 2.31. The highest BCUT2D eigenvalue weighted by Crippen LogP contribution is 2.21. The lowest BCUT2D eigenvalue weighted by atomic mass is 10.0. The highest BCUT2D eigenvalue weighted by atomic mass is 32.2. The Hall–Kier alpha value is -1.43. The first-order chi connectivity index (χ1) is 10.8. The zero-order chi connectivity index (χ0) is 16.9. The summed E-state index contributed by atoms with van der Waals surface area (Å²) in [5.41, 5.74) is 0.457. The van der Waals surface area contributed by atoms with Crippen LogP contribution in [0.25, 0.3) is 0 Å². The molecule has 1 saturated heterocycles. The summed E-state index contributed by atoms with van der Waals surface area (Å²) in [6, 6.07) is 3.77. The molecule has 23 heavy (non-hydrogen) atoms. The van der Waals surface area contributed by atoms with E-state index in [2.05, 4.69) is 4.98 Å². The molecule has 0 radical (unpaired) electrons. The van der Waals surface area contributed by atoms with Crippen molar-refractivity contribution in [3.8, 4) is 0 Å². The van der Waals surface area contributed by atoms with E-state index in [0.29, 0.717) is 18.1 Å². The summed E-state index contributed by atoms with van der Waals surface area (Å²) >= 11 is 0. The maximum atomic E-state index is 12.4. The minimum Gasteiger partial charge on any atom is -0.444 e. The van der Waals surface area contributed by atoms with Gasteiger partial charge >= 0.3 is 6.09 Å². The van der Waals surface area contributed by atoms with E-state index in [9.17, 15) is 9.00 Å². The van der Waals surface area contributed by atoms with Gasteiger partial charge in [0, 0.05) is 41.5 Å². The van der Waals surface area contributed by atoms with Gasteiger partial charge in [0.2, 0.25) is 0 Å². The lowest BCUT2D eigenvalue weighted by Gasteiger charge is -2.36. The minimum atomic E-state index is -1.02. The third-order valence-corrected chi connectivity index (χ3v) is 5.10. The molecule has 1 aliphatic heterocycles. The van der Waals surface area contributed by atoms with Crippen LogP contribution in [0.1, 0.15) is 45.6 Å². The number of hydrogen-bond acceptors (Lipinski definition) is 4. The fraction of sp³-hybridized carbons (Fsp3) is 0.647. The Morgan fingerprint density at radius 2 is 2.22 bits per heavy atom. The van der Waals surface area contributed by atoms with Gasteiger partial charge in [0.05, 0.1) is 5.75 Å². The Morgan fingerprint density at radius 1 is 1.43 bits per heavy atom. The Bertz CT molecular complexity index is 543. The summed E-state index contributed by atoms with van der Waals surface area (Å²) in [4.78, 5) is 18.2. The number of aromatic nitrogens is 1. The Morgan fingerprint density at radius 3 is 2.87 bits per heavy atom. The molecule has 1 fully saturated rings. The molecule has 2 heterocycles. The molecular formula is C17H26N2O3S. The second kappa shape index (κ2) is 7.90. The Kier molecular flexibility index (Phi) is 6.16. The molecular weight excluding hydrogens is 312 g/mol. The topological polar surface area (TPSA) is 59.5 Å². The zero-order valence-electron chi connectivity index (χ0n) is 14.2. The zero-order valence-corrected chi connectivity index (χ0v) is 15.0. The molecule has 0 saturated carbocycles. The normalized spacial score (nSPS) is 20.1. The quantitative estimate of drug-likeness (QED) is 0.846. The number of hydrogen-bond donors (Lipinski definition) is 0. The van der Waals surface area contributed by atoms with Crippen molar-refractivity contribution in [2.45, 2.75) is 57.4 Å². The fourth-order valence-corrected chi connectivity index (χ4v) is 4.11. The Balaban J connectivity index is 1.95. The fourth-order valence-electron chi connectivity index (χ4n) is 2.68. The SMILES string of the molecule is CC(C)(C)OC(=O)N1CCCC[C@H]1C[S@](=O)Cc1cccnc1. The van der Waals surface area contributed by atoms with Gasteiger partial charge in [-0.25, -0.2) is 4.79 Å². The van der Waals surface area contributed by atoms with Gasteiger partial charge in [0.15, 0.2) is 0 Å². The summed E-state index contributed by atoms with van der Waals surface area (Å²) in [7, 11) is -1.02. The van der Waals surface area contributed by atoms with E-state index in [-0.39, 0.29) is 12.1 Å². The smallest absolute Gasteiger partial charge is 0.410 e. The lowest BCUT2D eigenvalue weighted by molar-refractivity contribution is 0.0125. The van der Waals surface area contributed by atoms with E-state index in [0.717, 1.165) is 24.8 Å². The largest absolute Gasteiger partial charge is 0.444 e. The predicted molar refractivity (Wildman–Crippen MR) is 91.5 cm³/mol.